The first kappa shape index (κ1) is 15.7. The fourth-order valence-electron chi connectivity index (χ4n) is 1.99. The second-order valence-corrected chi connectivity index (χ2v) is 7.25. The van der Waals surface area contributed by atoms with Gasteiger partial charge in [0.2, 0.25) is 0 Å². The topological polar surface area (TPSA) is 104 Å². The summed E-state index contributed by atoms with van der Waals surface area (Å²) in [5.74, 6) is -1.50. The molecule has 1 fully saturated rings. The number of nitrogens with zero attached hydrogens (tertiary/aromatic N) is 1. The Hall–Kier alpha value is -1.31. The summed E-state index contributed by atoms with van der Waals surface area (Å²) in [6.45, 7) is 1.60. The van der Waals surface area contributed by atoms with Gasteiger partial charge in [-0.25, -0.2) is 13.2 Å². The zero-order valence-corrected chi connectivity index (χ0v) is 11.9. The Bertz CT molecular complexity index is 448. The van der Waals surface area contributed by atoms with Crippen molar-refractivity contribution in [2.24, 2.45) is 5.92 Å². The minimum atomic E-state index is -3.07. The van der Waals surface area contributed by atoms with Crippen molar-refractivity contribution in [3.63, 3.8) is 0 Å². The maximum absolute atomic E-state index is 11.8. The van der Waals surface area contributed by atoms with Crippen molar-refractivity contribution in [2.75, 3.05) is 25.1 Å². The van der Waals surface area contributed by atoms with Gasteiger partial charge in [-0.1, -0.05) is 6.92 Å². The summed E-state index contributed by atoms with van der Waals surface area (Å²) in [4.78, 5) is 23.8. The standard InChI is InChI=1S/C11H20N2O5S/c1-8(10(14)15)6-13(2)11(16)12-9-4-3-5-19(17,18)7-9/h8-9H,3-7H2,1-2H3,(H,12,16)(H,14,15). The van der Waals surface area contributed by atoms with Crippen molar-refractivity contribution in [3.05, 3.63) is 0 Å². The number of hydrogen-bond donors (Lipinski definition) is 2. The first-order valence-corrected chi connectivity index (χ1v) is 7.98. The van der Waals surface area contributed by atoms with E-state index in [4.69, 9.17) is 5.11 Å². The summed E-state index contributed by atoms with van der Waals surface area (Å²) in [6, 6.07) is -0.816. The third kappa shape index (κ3) is 5.06. The van der Waals surface area contributed by atoms with Crippen molar-refractivity contribution >= 4 is 21.8 Å². The van der Waals surface area contributed by atoms with Crippen molar-refractivity contribution in [2.45, 2.75) is 25.8 Å². The number of carbonyl (C=O) groups excluding carboxylic acids is 1. The highest BCUT2D eigenvalue weighted by atomic mass is 32.2. The van der Waals surface area contributed by atoms with E-state index in [0.717, 1.165) is 0 Å². The normalized spacial score (nSPS) is 23.4. The lowest BCUT2D eigenvalue weighted by molar-refractivity contribution is -0.141. The maximum Gasteiger partial charge on any atom is 0.317 e. The van der Waals surface area contributed by atoms with Gasteiger partial charge in [-0.3, -0.25) is 4.79 Å². The van der Waals surface area contributed by atoms with E-state index in [1.165, 1.54) is 18.9 Å². The number of rotatable bonds is 4. The van der Waals surface area contributed by atoms with Crippen molar-refractivity contribution in [3.8, 4) is 0 Å². The van der Waals surface area contributed by atoms with E-state index in [0.29, 0.717) is 12.8 Å². The molecule has 1 saturated heterocycles. The van der Waals surface area contributed by atoms with E-state index in [-0.39, 0.29) is 24.1 Å². The van der Waals surface area contributed by atoms with Gasteiger partial charge in [0.1, 0.15) is 0 Å². The first-order valence-electron chi connectivity index (χ1n) is 6.16. The highest BCUT2D eigenvalue weighted by Gasteiger charge is 2.27. The van der Waals surface area contributed by atoms with Gasteiger partial charge in [0, 0.05) is 19.6 Å². The Labute approximate surface area is 112 Å². The summed E-state index contributed by atoms with van der Waals surface area (Å²) >= 11 is 0. The molecule has 2 atom stereocenters. The first-order chi connectivity index (χ1) is 8.71. The Kier molecular flexibility index (Phi) is 5.16. The fourth-order valence-corrected chi connectivity index (χ4v) is 3.63. The predicted octanol–water partition coefficient (Wildman–Crippen LogP) is -0.0743. The fraction of sp³-hybridized carbons (Fsp3) is 0.818. The van der Waals surface area contributed by atoms with Gasteiger partial charge >= 0.3 is 12.0 Å². The summed E-state index contributed by atoms with van der Waals surface area (Å²) in [7, 11) is -1.57. The number of sulfone groups is 1. The van der Waals surface area contributed by atoms with Crippen LogP contribution in [0, 0.1) is 5.92 Å². The molecule has 0 radical (unpaired) electrons. The summed E-state index contributed by atoms with van der Waals surface area (Å²) in [5, 5.41) is 11.4. The predicted molar refractivity (Wildman–Crippen MR) is 69.6 cm³/mol. The van der Waals surface area contributed by atoms with Gasteiger partial charge < -0.3 is 15.3 Å². The Morgan fingerprint density at radius 3 is 2.63 bits per heavy atom. The van der Waals surface area contributed by atoms with Crippen LogP contribution in [0.5, 0.6) is 0 Å². The molecule has 1 aliphatic heterocycles. The highest BCUT2D eigenvalue weighted by molar-refractivity contribution is 7.91. The average molecular weight is 292 g/mol. The summed E-state index contributed by atoms with van der Waals surface area (Å²) in [5.41, 5.74) is 0. The highest BCUT2D eigenvalue weighted by Crippen LogP contribution is 2.12. The van der Waals surface area contributed by atoms with E-state index in [9.17, 15) is 18.0 Å². The van der Waals surface area contributed by atoms with Gasteiger partial charge in [0.05, 0.1) is 17.4 Å². The van der Waals surface area contributed by atoms with Crippen LogP contribution < -0.4 is 5.32 Å². The van der Waals surface area contributed by atoms with E-state index < -0.39 is 27.8 Å². The molecule has 2 amide bonds. The van der Waals surface area contributed by atoms with Crippen LogP contribution in [0.25, 0.3) is 0 Å². The van der Waals surface area contributed by atoms with Crippen LogP contribution in [-0.2, 0) is 14.6 Å². The molecule has 0 aliphatic carbocycles. The van der Waals surface area contributed by atoms with Crippen LogP contribution >= 0.6 is 0 Å². The largest absolute Gasteiger partial charge is 0.481 e. The number of carbonyl (C=O) groups is 2. The number of nitrogens with one attached hydrogen (secondary N) is 1. The summed E-state index contributed by atoms with van der Waals surface area (Å²) < 4.78 is 22.9. The SMILES string of the molecule is CC(CN(C)C(=O)NC1CCCS(=O)(=O)C1)C(=O)O. The molecule has 1 heterocycles. The van der Waals surface area contributed by atoms with Crippen molar-refractivity contribution in [1.82, 2.24) is 10.2 Å². The van der Waals surface area contributed by atoms with Crippen LogP contribution in [0.3, 0.4) is 0 Å². The van der Waals surface area contributed by atoms with Crippen molar-refractivity contribution < 1.29 is 23.1 Å². The molecular formula is C11H20N2O5S. The van der Waals surface area contributed by atoms with Gasteiger partial charge in [-0.05, 0) is 12.8 Å². The van der Waals surface area contributed by atoms with Crippen LogP contribution in [0.2, 0.25) is 0 Å². The number of carboxylic acids is 1. The maximum atomic E-state index is 11.8. The summed E-state index contributed by atoms with van der Waals surface area (Å²) in [6.07, 6.45) is 1.18. The minimum absolute atomic E-state index is 0.0406. The number of aliphatic carboxylic acids is 1. The van der Waals surface area contributed by atoms with Gasteiger partial charge in [0.25, 0.3) is 0 Å². The van der Waals surface area contributed by atoms with Crippen LogP contribution in [-0.4, -0.2) is 61.6 Å². The minimum Gasteiger partial charge on any atom is -0.481 e. The molecule has 2 N–H and O–H groups in total. The lowest BCUT2D eigenvalue weighted by atomic mass is 10.2. The number of hydrogen-bond acceptors (Lipinski definition) is 4. The van der Waals surface area contributed by atoms with Crippen LogP contribution in [0.1, 0.15) is 19.8 Å². The average Bonchev–Trinajstić information content (AvgIpc) is 2.27. The van der Waals surface area contributed by atoms with E-state index in [2.05, 4.69) is 5.32 Å². The van der Waals surface area contributed by atoms with Crippen LogP contribution in [0.4, 0.5) is 4.79 Å². The molecule has 0 spiro atoms. The third-order valence-corrected chi connectivity index (χ3v) is 4.93. The molecular weight excluding hydrogens is 272 g/mol. The molecule has 1 aliphatic rings. The lowest BCUT2D eigenvalue weighted by Crippen LogP contribution is -2.49. The molecule has 110 valence electrons. The van der Waals surface area contributed by atoms with E-state index in [1.807, 2.05) is 0 Å². The molecule has 19 heavy (non-hydrogen) atoms. The van der Waals surface area contributed by atoms with Crippen molar-refractivity contribution in [1.29, 1.82) is 0 Å². The second kappa shape index (κ2) is 6.23. The van der Waals surface area contributed by atoms with Gasteiger partial charge in [0.15, 0.2) is 9.84 Å². The zero-order chi connectivity index (χ0) is 14.6. The molecule has 8 heteroatoms. The molecule has 0 aromatic rings. The van der Waals surface area contributed by atoms with Crippen LogP contribution in [0.15, 0.2) is 0 Å². The number of carboxylic acid groups (broad SMARTS) is 1. The smallest absolute Gasteiger partial charge is 0.317 e. The quantitative estimate of drug-likeness (QED) is 0.754. The molecule has 7 nitrogen and oxygen atoms in total. The Morgan fingerprint density at radius 2 is 2.11 bits per heavy atom. The molecule has 0 aromatic carbocycles. The second-order valence-electron chi connectivity index (χ2n) is 5.02. The molecule has 0 bridgehead atoms. The molecule has 2 unspecified atom stereocenters. The number of urea groups is 1. The monoisotopic (exact) mass is 292 g/mol. The lowest BCUT2D eigenvalue weighted by Gasteiger charge is -2.26. The Morgan fingerprint density at radius 1 is 1.47 bits per heavy atom. The van der Waals surface area contributed by atoms with E-state index in [1.54, 1.807) is 0 Å². The van der Waals surface area contributed by atoms with E-state index >= 15 is 0 Å². The van der Waals surface area contributed by atoms with Gasteiger partial charge in [-0.15, -0.1) is 0 Å². The molecule has 1 rings (SSSR count). The van der Waals surface area contributed by atoms with Gasteiger partial charge in [-0.2, -0.15) is 0 Å². The molecule has 0 aromatic heterocycles. The number of amides is 2. The third-order valence-electron chi connectivity index (χ3n) is 3.11. The molecule has 0 saturated carbocycles. The zero-order valence-electron chi connectivity index (χ0n) is 11.1. The Balaban J connectivity index is 2.48.